The molecular weight excluding hydrogens is 312 g/mol. The van der Waals surface area contributed by atoms with E-state index in [1.165, 1.54) is 0 Å². The highest BCUT2D eigenvalue weighted by atomic mass is 16.1. The number of hydrogen-bond donors (Lipinski definition) is 2. The summed E-state index contributed by atoms with van der Waals surface area (Å²) in [6.45, 7) is 0.609. The van der Waals surface area contributed by atoms with Gasteiger partial charge < -0.3 is 11.1 Å². The van der Waals surface area contributed by atoms with Crippen LogP contribution in [-0.4, -0.2) is 11.6 Å². The molecule has 0 heterocycles. The van der Waals surface area contributed by atoms with Crippen molar-refractivity contribution >= 4 is 22.9 Å². The van der Waals surface area contributed by atoms with Gasteiger partial charge in [-0.25, -0.2) is 0 Å². The van der Waals surface area contributed by atoms with Crippen molar-refractivity contribution in [3.05, 3.63) is 94.5 Å². The van der Waals surface area contributed by atoms with Gasteiger partial charge in [-0.1, -0.05) is 54.6 Å². The van der Waals surface area contributed by atoms with Crippen LogP contribution in [0.2, 0.25) is 0 Å². The van der Waals surface area contributed by atoms with Gasteiger partial charge in [-0.15, -0.1) is 0 Å². The molecule has 1 aliphatic carbocycles. The van der Waals surface area contributed by atoms with Crippen LogP contribution in [0.5, 0.6) is 0 Å². The first kappa shape index (κ1) is 15.1. The SMILES string of the molecule is Nc1cc(NCc2ccccc2)cc2c1C(=O)c1ccccc1C2=O. The fourth-order valence-corrected chi connectivity index (χ4v) is 3.16. The standard InChI is InChI=1S/C21H16N2O2/c22-18-11-14(23-12-13-6-2-1-3-7-13)10-17-19(18)21(25)16-9-5-4-8-15(16)20(17)24/h1-11,23H,12,22H2. The van der Waals surface area contributed by atoms with Crippen molar-refractivity contribution in [3.63, 3.8) is 0 Å². The Morgan fingerprint density at radius 1 is 0.760 bits per heavy atom. The second-order valence-electron chi connectivity index (χ2n) is 6.03. The van der Waals surface area contributed by atoms with E-state index in [-0.39, 0.29) is 11.6 Å². The maximum Gasteiger partial charge on any atom is 0.196 e. The molecule has 0 radical (unpaired) electrons. The number of fused-ring (bicyclic) bond motifs is 2. The minimum atomic E-state index is -0.197. The largest absolute Gasteiger partial charge is 0.398 e. The average molecular weight is 328 g/mol. The fourth-order valence-electron chi connectivity index (χ4n) is 3.16. The molecule has 0 atom stereocenters. The summed E-state index contributed by atoms with van der Waals surface area (Å²) < 4.78 is 0. The number of carbonyl (C=O) groups is 2. The molecule has 4 nitrogen and oxygen atoms in total. The molecule has 3 aromatic rings. The van der Waals surface area contributed by atoms with Gasteiger partial charge in [-0.3, -0.25) is 9.59 Å². The molecule has 25 heavy (non-hydrogen) atoms. The zero-order chi connectivity index (χ0) is 17.4. The molecule has 0 saturated heterocycles. The Hall–Kier alpha value is -3.40. The summed E-state index contributed by atoms with van der Waals surface area (Å²) in [6, 6.07) is 20.2. The summed E-state index contributed by atoms with van der Waals surface area (Å²) in [5.74, 6) is -0.363. The Morgan fingerprint density at radius 2 is 1.40 bits per heavy atom. The summed E-state index contributed by atoms with van der Waals surface area (Å²) in [5.41, 5.74) is 9.77. The zero-order valence-electron chi connectivity index (χ0n) is 13.5. The molecule has 1 aliphatic rings. The van der Waals surface area contributed by atoms with Gasteiger partial charge in [0.25, 0.3) is 0 Å². The van der Waals surface area contributed by atoms with E-state index < -0.39 is 0 Å². The smallest absolute Gasteiger partial charge is 0.196 e. The number of rotatable bonds is 3. The van der Waals surface area contributed by atoms with Gasteiger partial charge in [0, 0.05) is 34.6 Å². The molecule has 0 amide bonds. The molecule has 4 rings (SSSR count). The Bertz CT molecular complexity index is 994. The number of ketones is 2. The number of nitrogens with one attached hydrogen (secondary N) is 1. The minimum absolute atomic E-state index is 0.166. The monoisotopic (exact) mass is 328 g/mol. The highest BCUT2D eigenvalue weighted by Gasteiger charge is 2.31. The Balaban J connectivity index is 1.72. The lowest BCUT2D eigenvalue weighted by atomic mass is 9.83. The predicted molar refractivity (Wildman–Crippen MR) is 97.9 cm³/mol. The molecule has 122 valence electrons. The van der Waals surface area contributed by atoms with E-state index in [4.69, 9.17) is 5.73 Å². The molecule has 0 spiro atoms. The van der Waals surface area contributed by atoms with Crippen molar-refractivity contribution in [1.29, 1.82) is 0 Å². The molecule has 0 unspecified atom stereocenters. The Kier molecular flexibility index (Phi) is 3.58. The number of carbonyl (C=O) groups excluding carboxylic acids is 2. The van der Waals surface area contributed by atoms with Gasteiger partial charge in [0.2, 0.25) is 0 Å². The van der Waals surface area contributed by atoms with E-state index >= 15 is 0 Å². The van der Waals surface area contributed by atoms with Crippen LogP contribution in [0.15, 0.2) is 66.7 Å². The van der Waals surface area contributed by atoms with Crippen molar-refractivity contribution in [2.75, 3.05) is 11.1 Å². The van der Waals surface area contributed by atoms with Crippen molar-refractivity contribution in [2.24, 2.45) is 0 Å². The summed E-state index contributed by atoms with van der Waals surface area (Å²) in [7, 11) is 0. The lowest BCUT2D eigenvalue weighted by molar-refractivity contribution is 0.0980. The van der Waals surface area contributed by atoms with E-state index in [9.17, 15) is 9.59 Å². The fraction of sp³-hybridized carbons (Fsp3) is 0.0476. The second-order valence-corrected chi connectivity index (χ2v) is 6.03. The number of nitrogens with two attached hydrogens (primary N) is 1. The van der Waals surface area contributed by atoms with Gasteiger partial charge in [0.05, 0.1) is 5.56 Å². The van der Waals surface area contributed by atoms with Crippen LogP contribution in [-0.2, 0) is 6.54 Å². The molecular formula is C21H16N2O2. The molecule has 3 N–H and O–H groups in total. The number of benzene rings is 3. The molecule has 0 saturated carbocycles. The number of nitrogen functional groups attached to an aromatic ring is 1. The summed E-state index contributed by atoms with van der Waals surface area (Å²) in [6.07, 6.45) is 0. The van der Waals surface area contributed by atoms with E-state index in [1.807, 2.05) is 30.3 Å². The first-order chi connectivity index (χ1) is 12.1. The van der Waals surface area contributed by atoms with E-state index in [1.54, 1.807) is 36.4 Å². The van der Waals surface area contributed by atoms with Gasteiger partial charge in [-0.05, 0) is 17.7 Å². The lowest BCUT2D eigenvalue weighted by Crippen LogP contribution is -2.22. The van der Waals surface area contributed by atoms with Crippen molar-refractivity contribution in [2.45, 2.75) is 6.54 Å². The molecule has 0 aromatic heterocycles. The molecule has 0 bridgehead atoms. The van der Waals surface area contributed by atoms with Crippen molar-refractivity contribution in [3.8, 4) is 0 Å². The average Bonchev–Trinajstić information content (AvgIpc) is 2.65. The lowest BCUT2D eigenvalue weighted by Gasteiger charge is -2.20. The summed E-state index contributed by atoms with van der Waals surface area (Å²) in [4.78, 5) is 25.5. The van der Waals surface area contributed by atoms with Crippen LogP contribution in [0.25, 0.3) is 0 Å². The molecule has 0 aliphatic heterocycles. The highest BCUT2D eigenvalue weighted by molar-refractivity contribution is 6.30. The van der Waals surface area contributed by atoms with Crippen LogP contribution in [0, 0.1) is 0 Å². The normalized spacial score (nSPS) is 12.5. The van der Waals surface area contributed by atoms with Crippen LogP contribution < -0.4 is 11.1 Å². The van der Waals surface area contributed by atoms with E-state index in [0.29, 0.717) is 34.5 Å². The van der Waals surface area contributed by atoms with Crippen molar-refractivity contribution in [1.82, 2.24) is 0 Å². The van der Waals surface area contributed by atoms with Gasteiger partial charge in [-0.2, -0.15) is 0 Å². The Labute approximate surface area is 145 Å². The van der Waals surface area contributed by atoms with Crippen LogP contribution in [0.1, 0.15) is 37.4 Å². The van der Waals surface area contributed by atoms with Crippen LogP contribution in [0.3, 0.4) is 0 Å². The second kappa shape index (κ2) is 5.91. The Morgan fingerprint density at radius 3 is 2.12 bits per heavy atom. The molecule has 0 fully saturated rings. The first-order valence-electron chi connectivity index (χ1n) is 8.05. The van der Waals surface area contributed by atoms with E-state index in [2.05, 4.69) is 5.32 Å². The van der Waals surface area contributed by atoms with Crippen LogP contribution in [0.4, 0.5) is 11.4 Å². The predicted octanol–water partition coefficient (Wildman–Crippen LogP) is 3.66. The zero-order valence-corrected chi connectivity index (χ0v) is 13.5. The van der Waals surface area contributed by atoms with Crippen molar-refractivity contribution < 1.29 is 9.59 Å². The summed E-state index contributed by atoms with van der Waals surface area (Å²) in [5, 5.41) is 3.27. The highest BCUT2D eigenvalue weighted by Crippen LogP contribution is 2.33. The van der Waals surface area contributed by atoms with Gasteiger partial charge in [0.1, 0.15) is 0 Å². The third kappa shape index (κ3) is 2.58. The maximum absolute atomic E-state index is 12.8. The molecule has 3 aromatic carbocycles. The quantitative estimate of drug-likeness (QED) is 0.563. The summed E-state index contributed by atoms with van der Waals surface area (Å²) >= 11 is 0. The maximum atomic E-state index is 12.8. The minimum Gasteiger partial charge on any atom is -0.398 e. The van der Waals surface area contributed by atoms with Gasteiger partial charge >= 0.3 is 0 Å². The third-order valence-corrected chi connectivity index (χ3v) is 4.40. The van der Waals surface area contributed by atoms with Crippen LogP contribution >= 0.6 is 0 Å². The molecule has 4 heteroatoms. The number of hydrogen-bond acceptors (Lipinski definition) is 4. The topological polar surface area (TPSA) is 72.2 Å². The number of anilines is 2. The van der Waals surface area contributed by atoms with E-state index in [0.717, 1.165) is 11.3 Å². The van der Waals surface area contributed by atoms with Gasteiger partial charge in [0.15, 0.2) is 11.6 Å². The third-order valence-electron chi connectivity index (χ3n) is 4.40. The first-order valence-corrected chi connectivity index (χ1v) is 8.05.